The van der Waals surface area contributed by atoms with Crippen molar-refractivity contribution in [1.82, 2.24) is 5.06 Å². The third-order valence-corrected chi connectivity index (χ3v) is 7.62. The summed E-state index contributed by atoms with van der Waals surface area (Å²) in [6.07, 6.45) is 3.25. The Bertz CT molecular complexity index is 1340. The molecule has 0 aliphatic rings. The van der Waals surface area contributed by atoms with E-state index in [2.05, 4.69) is 6.92 Å². The lowest BCUT2D eigenvalue weighted by Gasteiger charge is -2.49. The van der Waals surface area contributed by atoms with E-state index in [-0.39, 0.29) is 19.3 Å². The zero-order chi connectivity index (χ0) is 32.2. The quantitative estimate of drug-likeness (QED) is 0.0875. The van der Waals surface area contributed by atoms with Crippen molar-refractivity contribution in [2.24, 2.45) is 0 Å². The van der Waals surface area contributed by atoms with E-state index in [9.17, 15) is 9.59 Å². The molecule has 0 N–H and O–H groups in total. The number of ether oxygens (including phenoxy) is 4. The van der Waals surface area contributed by atoms with E-state index in [4.69, 9.17) is 23.8 Å². The summed E-state index contributed by atoms with van der Waals surface area (Å²) >= 11 is 0. The number of methoxy groups -OCH3 is 2. The summed E-state index contributed by atoms with van der Waals surface area (Å²) in [6, 6.07) is 23.9. The number of hydrogen-bond donors (Lipinski definition) is 0. The molecular formula is C36H47NO7. The number of para-hydroxylation sites is 2. The van der Waals surface area contributed by atoms with Crippen molar-refractivity contribution in [1.29, 1.82) is 0 Å². The van der Waals surface area contributed by atoms with Gasteiger partial charge in [0.25, 0.3) is 0 Å². The van der Waals surface area contributed by atoms with Crippen LogP contribution >= 0.6 is 0 Å². The molecule has 0 radical (unpaired) electrons. The van der Waals surface area contributed by atoms with Gasteiger partial charge >= 0.3 is 11.9 Å². The molecule has 0 amide bonds. The molecule has 0 aromatic heterocycles. The third kappa shape index (κ3) is 9.07. The molecule has 3 aromatic rings. The van der Waals surface area contributed by atoms with Gasteiger partial charge in [-0.25, -0.2) is 9.59 Å². The van der Waals surface area contributed by atoms with Gasteiger partial charge in [-0.15, -0.1) is 0 Å². The number of nitrogens with zero attached hydrogens (tertiary/aromatic N) is 1. The lowest BCUT2D eigenvalue weighted by atomic mass is 9.90. The molecule has 0 aliphatic heterocycles. The molecule has 0 saturated carbocycles. The zero-order valence-corrected chi connectivity index (χ0v) is 27.1. The Labute approximate surface area is 262 Å². The fourth-order valence-electron chi connectivity index (χ4n) is 5.24. The predicted octanol–water partition coefficient (Wildman–Crippen LogP) is 7.83. The van der Waals surface area contributed by atoms with Crippen molar-refractivity contribution in [3.05, 3.63) is 95.6 Å². The molecule has 0 heterocycles. The van der Waals surface area contributed by atoms with Gasteiger partial charge in [0.15, 0.2) is 0 Å². The first-order valence-electron chi connectivity index (χ1n) is 15.2. The summed E-state index contributed by atoms with van der Waals surface area (Å²) in [5.41, 5.74) is 0.0593. The van der Waals surface area contributed by atoms with Crippen molar-refractivity contribution in [2.75, 3.05) is 27.4 Å². The van der Waals surface area contributed by atoms with Crippen LogP contribution in [0.2, 0.25) is 0 Å². The van der Waals surface area contributed by atoms with Gasteiger partial charge in [0.05, 0.1) is 25.3 Å². The minimum atomic E-state index is -0.835. The lowest BCUT2D eigenvalue weighted by Crippen LogP contribution is -2.61. The van der Waals surface area contributed by atoms with Crippen LogP contribution < -0.4 is 9.47 Å². The number of carbonyl (C=O) groups excluding carboxylic acids is 2. The highest BCUT2D eigenvalue weighted by atomic mass is 16.7. The first-order chi connectivity index (χ1) is 21.1. The number of benzene rings is 3. The van der Waals surface area contributed by atoms with Gasteiger partial charge in [0.1, 0.15) is 41.9 Å². The van der Waals surface area contributed by atoms with Crippen LogP contribution in [0.15, 0.2) is 78.9 Å². The molecule has 8 heteroatoms. The Morgan fingerprint density at radius 2 is 1.23 bits per heavy atom. The average molecular weight is 606 g/mol. The normalized spacial score (nSPS) is 13.5. The van der Waals surface area contributed by atoms with Crippen LogP contribution in [0.3, 0.4) is 0 Å². The molecule has 3 aromatic carbocycles. The number of hydroxylamine groups is 2. The van der Waals surface area contributed by atoms with Crippen LogP contribution in [-0.2, 0) is 14.3 Å². The molecule has 0 bridgehead atoms. The van der Waals surface area contributed by atoms with Gasteiger partial charge in [-0.05, 0) is 63.9 Å². The smallest absolute Gasteiger partial charge is 0.341 e. The lowest BCUT2D eigenvalue weighted by molar-refractivity contribution is -0.306. The monoisotopic (exact) mass is 605 g/mol. The molecular weight excluding hydrogens is 558 g/mol. The molecule has 238 valence electrons. The fourth-order valence-corrected chi connectivity index (χ4v) is 5.24. The predicted molar refractivity (Wildman–Crippen MR) is 171 cm³/mol. The molecule has 0 spiro atoms. The molecule has 0 aliphatic carbocycles. The fraction of sp³-hybridized carbons (Fsp3) is 0.444. The van der Waals surface area contributed by atoms with Crippen molar-refractivity contribution < 1.29 is 33.4 Å². The zero-order valence-electron chi connectivity index (χ0n) is 27.1. The first kappa shape index (κ1) is 34.6. The minimum Gasteiger partial charge on any atom is -0.496 e. The summed E-state index contributed by atoms with van der Waals surface area (Å²) in [5.74, 6) is -0.101. The van der Waals surface area contributed by atoms with E-state index in [0.29, 0.717) is 29.0 Å². The summed E-state index contributed by atoms with van der Waals surface area (Å²) in [5, 5.41) is 1.87. The van der Waals surface area contributed by atoms with Gasteiger partial charge in [0.2, 0.25) is 0 Å². The first-order valence-corrected chi connectivity index (χ1v) is 15.2. The highest BCUT2D eigenvalue weighted by molar-refractivity contribution is 5.93. The number of esters is 2. The standard InChI is InChI=1S/C36H47NO7/c1-8-9-17-24-36(5,26-43-34(39)30-21-14-16-23-32(30)41-7)37(44-27(2)28-18-11-10-12-19-28)35(3,4)25-42-33(38)29-20-13-15-22-31(29)40-6/h10-16,18-23,27H,8-9,17,24-26H2,1-7H3. The van der Waals surface area contributed by atoms with Crippen molar-refractivity contribution in [3.8, 4) is 11.5 Å². The van der Waals surface area contributed by atoms with Crippen molar-refractivity contribution in [3.63, 3.8) is 0 Å². The summed E-state index contributed by atoms with van der Waals surface area (Å²) in [4.78, 5) is 33.3. The van der Waals surface area contributed by atoms with Crippen LogP contribution in [0.1, 0.15) is 92.7 Å². The SMILES string of the molecule is CCCCCC(C)(COC(=O)c1ccccc1OC)N(OC(C)c1ccccc1)C(C)(C)COC(=O)c1ccccc1OC. The van der Waals surface area contributed by atoms with Gasteiger partial charge < -0.3 is 18.9 Å². The second kappa shape index (κ2) is 16.3. The van der Waals surface area contributed by atoms with E-state index in [1.54, 1.807) is 48.5 Å². The molecule has 44 heavy (non-hydrogen) atoms. The topological polar surface area (TPSA) is 83.5 Å². The molecule has 3 rings (SSSR count). The van der Waals surface area contributed by atoms with E-state index in [1.165, 1.54) is 14.2 Å². The minimum absolute atomic E-state index is 0.00914. The summed E-state index contributed by atoms with van der Waals surface area (Å²) in [6.45, 7) is 10.1. The van der Waals surface area contributed by atoms with E-state index in [0.717, 1.165) is 24.8 Å². The third-order valence-electron chi connectivity index (χ3n) is 7.62. The van der Waals surface area contributed by atoms with Crippen LogP contribution in [0.25, 0.3) is 0 Å². The summed E-state index contributed by atoms with van der Waals surface area (Å²) < 4.78 is 22.6. The Hall–Kier alpha value is -3.88. The van der Waals surface area contributed by atoms with Crippen LogP contribution in [0.4, 0.5) is 0 Å². The Balaban J connectivity index is 1.94. The van der Waals surface area contributed by atoms with E-state index >= 15 is 0 Å². The Morgan fingerprint density at radius 1 is 0.727 bits per heavy atom. The van der Waals surface area contributed by atoms with Crippen LogP contribution in [-0.4, -0.2) is 55.5 Å². The van der Waals surface area contributed by atoms with E-state index in [1.807, 2.05) is 63.1 Å². The van der Waals surface area contributed by atoms with Crippen LogP contribution in [0, 0.1) is 0 Å². The van der Waals surface area contributed by atoms with Crippen LogP contribution in [0.5, 0.6) is 11.5 Å². The number of unbranched alkanes of at least 4 members (excludes halogenated alkanes) is 2. The molecule has 0 saturated heterocycles. The maximum atomic E-state index is 13.3. The van der Waals surface area contributed by atoms with Gasteiger partial charge in [-0.1, -0.05) is 80.8 Å². The number of carbonyl (C=O) groups is 2. The van der Waals surface area contributed by atoms with Crippen molar-refractivity contribution in [2.45, 2.75) is 77.5 Å². The van der Waals surface area contributed by atoms with Crippen molar-refractivity contribution >= 4 is 11.9 Å². The maximum absolute atomic E-state index is 13.3. The summed E-state index contributed by atoms with van der Waals surface area (Å²) in [7, 11) is 3.04. The molecule has 2 atom stereocenters. The molecule has 8 nitrogen and oxygen atoms in total. The van der Waals surface area contributed by atoms with Gasteiger partial charge in [-0.3, -0.25) is 4.84 Å². The Kier molecular flexibility index (Phi) is 12.8. The van der Waals surface area contributed by atoms with Gasteiger partial charge in [-0.2, -0.15) is 5.06 Å². The highest BCUT2D eigenvalue weighted by Crippen LogP contribution is 2.36. The van der Waals surface area contributed by atoms with Gasteiger partial charge in [0, 0.05) is 0 Å². The largest absolute Gasteiger partial charge is 0.496 e. The Morgan fingerprint density at radius 3 is 1.75 bits per heavy atom. The number of rotatable bonds is 17. The molecule has 2 unspecified atom stereocenters. The second-order valence-electron chi connectivity index (χ2n) is 11.8. The second-order valence-corrected chi connectivity index (χ2v) is 11.8. The maximum Gasteiger partial charge on any atom is 0.341 e. The highest BCUT2D eigenvalue weighted by Gasteiger charge is 2.45. The van der Waals surface area contributed by atoms with E-state index < -0.39 is 23.0 Å². The number of hydrogen-bond acceptors (Lipinski definition) is 8. The molecule has 0 fully saturated rings. The average Bonchev–Trinajstić information content (AvgIpc) is 3.05.